The van der Waals surface area contributed by atoms with Gasteiger partial charge < -0.3 is 24.1 Å². The van der Waals surface area contributed by atoms with Crippen LogP contribution in [0, 0.1) is 5.82 Å². The zero-order valence-electron chi connectivity index (χ0n) is 20.1. The van der Waals surface area contributed by atoms with Crippen LogP contribution in [0.4, 0.5) is 4.39 Å². The van der Waals surface area contributed by atoms with Gasteiger partial charge in [-0.2, -0.15) is 0 Å². The Hall–Kier alpha value is -4.33. The monoisotopic (exact) mass is 488 g/mol. The molecule has 1 atom stereocenters. The van der Waals surface area contributed by atoms with E-state index in [2.05, 4.69) is 4.98 Å². The van der Waals surface area contributed by atoms with E-state index in [1.807, 2.05) is 24.3 Å². The molecule has 1 amide bonds. The number of halogens is 1. The van der Waals surface area contributed by atoms with Gasteiger partial charge in [0.1, 0.15) is 11.6 Å². The highest BCUT2D eigenvalue weighted by Crippen LogP contribution is 2.41. The van der Waals surface area contributed by atoms with E-state index in [1.54, 1.807) is 37.3 Å². The predicted octanol–water partition coefficient (Wildman–Crippen LogP) is 4.48. The maximum absolute atomic E-state index is 14.0. The first-order valence-electron chi connectivity index (χ1n) is 11.5. The van der Waals surface area contributed by atoms with Crippen LogP contribution in [0.3, 0.4) is 0 Å². The smallest absolute Gasteiger partial charge is 0.254 e. The second kappa shape index (κ2) is 9.37. The molecule has 184 valence electrons. The van der Waals surface area contributed by atoms with Crippen LogP contribution < -0.4 is 19.8 Å². The van der Waals surface area contributed by atoms with Crippen molar-refractivity contribution < 1.29 is 23.4 Å². The molecule has 3 aromatic carbocycles. The molecular formula is C28H25FN2O5. The first-order valence-corrected chi connectivity index (χ1v) is 11.5. The Morgan fingerprint density at radius 2 is 1.72 bits per heavy atom. The first kappa shape index (κ1) is 23.4. The molecule has 8 heteroatoms. The Bertz CT molecular complexity index is 1530. The molecule has 0 spiro atoms. The third-order valence-electron chi connectivity index (χ3n) is 6.58. The lowest BCUT2D eigenvalue weighted by molar-refractivity contribution is 0.0693. The highest BCUT2D eigenvalue weighted by atomic mass is 19.1. The van der Waals surface area contributed by atoms with Crippen LogP contribution in [0.5, 0.6) is 17.2 Å². The summed E-state index contributed by atoms with van der Waals surface area (Å²) in [6.07, 6.45) is 0.538. The quantitative estimate of drug-likeness (QED) is 0.448. The van der Waals surface area contributed by atoms with Gasteiger partial charge in [0.2, 0.25) is 0 Å². The van der Waals surface area contributed by atoms with Crippen molar-refractivity contribution in [2.45, 2.75) is 12.5 Å². The number of ether oxygens (including phenoxy) is 3. The lowest BCUT2D eigenvalue weighted by Crippen LogP contribution is -2.42. The van der Waals surface area contributed by atoms with Crippen molar-refractivity contribution in [3.8, 4) is 17.2 Å². The van der Waals surface area contributed by atoms with Gasteiger partial charge in [-0.05, 0) is 71.5 Å². The number of hydrogen-bond donors (Lipinski definition) is 1. The highest BCUT2D eigenvalue weighted by molar-refractivity contribution is 5.95. The third-order valence-corrected chi connectivity index (χ3v) is 6.58. The number of nitrogens with one attached hydrogen (secondary N) is 1. The van der Waals surface area contributed by atoms with E-state index in [0.717, 1.165) is 16.5 Å². The molecule has 1 N–H and O–H groups in total. The van der Waals surface area contributed by atoms with Crippen LogP contribution in [-0.4, -0.2) is 43.7 Å². The number of hydrogen-bond acceptors (Lipinski definition) is 5. The SMILES string of the molecule is COc1ccc2cc([C@@H]3c4cc(OC)c(OC)cc4CCN3C(=O)c3cccc(F)c3)c(=O)[nH]c2c1. The lowest BCUT2D eigenvalue weighted by Gasteiger charge is -2.38. The summed E-state index contributed by atoms with van der Waals surface area (Å²) in [6.45, 7) is 0.336. The van der Waals surface area contributed by atoms with Crippen LogP contribution in [-0.2, 0) is 6.42 Å². The number of benzene rings is 3. The number of fused-ring (bicyclic) bond motifs is 2. The maximum Gasteiger partial charge on any atom is 0.254 e. The molecule has 1 aliphatic rings. The lowest BCUT2D eigenvalue weighted by atomic mass is 9.87. The van der Waals surface area contributed by atoms with Gasteiger partial charge in [-0.25, -0.2) is 4.39 Å². The van der Waals surface area contributed by atoms with Crippen molar-refractivity contribution in [3.63, 3.8) is 0 Å². The third kappa shape index (κ3) is 4.04. The van der Waals surface area contributed by atoms with E-state index in [1.165, 1.54) is 25.3 Å². The Labute approximate surface area is 207 Å². The zero-order valence-corrected chi connectivity index (χ0v) is 20.1. The summed E-state index contributed by atoms with van der Waals surface area (Å²) in [5, 5.41) is 0.788. The van der Waals surface area contributed by atoms with Crippen LogP contribution in [0.25, 0.3) is 10.9 Å². The fraction of sp³-hybridized carbons (Fsp3) is 0.214. The number of amides is 1. The Kier molecular flexibility index (Phi) is 6.10. The number of pyridine rings is 1. The van der Waals surface area contributed by atoms with E-state index in [9.17, 15) is 14.0 Å². The number of H-pyrrole nitrogens is 1. The molecule has 0 aliphatic carbocycles. The first-order chi connectivity index (χ1) is 17.4. The Morgan fingerprint density at radius 3 is 2.44 bits per heavy atom. The standard InChI is InChI=1S/C28H25FN2O5/c1-34-20-8-7-17-12-22(27(32)30-23(17)14-20)26-21-15-25(36-3)24(35-2)13-16(21)9-10-31(26)28(33)18-5-4-6-19(29)11-18/h4-8,11-15,26H,9-10H2,1-3H3,(H,30,32)/t26-/m0/s1. The van der Waals surface area contributed by atoms with Crippen LogP contribution >= 0.6 is 0 Å². The fourth-order valence-corrected chi connectivity index (χ4v) is 4.81. The molecular weight excluding hydrogens is 463 g/mol. The van der Waals surface area contributed by atoms with E-state index in [0.29, 0.717) is 41.3 Å². The normalized spacial score (nSPS) is 14.9. The van der Waals surface area contributed by atoms with E-state index >= 15 is 0 Å². The second-order valence-electron chi connectivity index (χ2n) is 8.57. The van der Waals surface area contributed by atoms with Crippen molar-refractivity contribution in [1.82, 2.24) is 9.88 Å². The number of aromatic amines is 1. The minimum atomic E-state index is -0.723. The summed E-state index contributed by atoms with van der Waals surface area (Å²) in [6, 6.07) is 15.7. The number of nitrogens with zero attached hydrogens (tertiary/aromatic N) is 1. The number of carbonyl (C=O) groups is 1. The average molecular weight is 489 g/mol. The summed E-state index contributed by atoms with van der Waals surface area (Å²) in [5.74, 6) is 0.809. The molecule has 0 bridgehead atoms. The summed E-state index contributed by atoms with van der Waals surface area (Å²) in [5.41, 5.74) is 2.59. The molecule has 7 nitrogen and oxygen atoms in total. The summed E-state index contributed by atoms with van der Waals surface area (Å²) < 4.78 is 30.3. The van der Waals surface area contributed by atoms with Crippen molar-refractivity contribution in [2.75, 3.05) is 27.9 Å². The molecule has 0 saturated carbocycles. The zero-order chi connectivity index (χ0) is 25.4. The molecule has 0 radical (unpaired) electrons. The van der Waals surface area contributed by atoms with Gasteiger partial charge in [0.15, 0.2) is 11.5 Å². The van der Waals surface area contributed by atoms with Crippen LogP contribution in [0.1, 0.15) is 33.1 Å². The average Bonchev–Trinajstić information content (AvgIpc) is 2.90. The molecule has 2 heterocycles. The van der Waals surface area contributed by atoms with Crippen LogP contribution in [0.2, 0.25) is 0 Å². The molecule has 0 fully saturated rings. The topological polar surface area (TPSA) is 80.9 Å². The van der Waals surface area contributed by atoms with E-state index < -0.39 is 11.9 Å². The minimum Gasteiger partial charge on any atom is -0.497 e. The van der Waals surface area contributed by atoms with Gasteiger partial charge >= 0.3 is 0 Å². The van der Waals surface area contributed by atoms with Crippen molar-refractivity contribution in [3.05, 3.63) is 99.1 Å². The molecule has 1 aromatic heterocycles. The van der Waals surface area contributed by atoms with Gasteiger partial charge in [0, 0.05) is 23.7 Å². The second-order valence-corrected chi connectivity index (χ2v) is 8.57. The van der Waals surface area contributed by atoms with Crippen molar-refractivity contribution >= 4 is 16.8 Å². The maximum atomic E-state index is 14.0. The van der Waals surface area contributed by atoms with Gasteiger partial charge in [-0.15, -0.1) is 0 Å². The number of methoxy groups -OCH3 is 3. The largest absolute Gasteiger partial charge is 0.497 e. The highest BCUT2D eigenvalue weighted by Gasteiger charge is 2.35. The molecule has 0 saturated heterocycles. The van der Waals surface area contributed by atoms with Crippen molar-refractivity contribution in [1.29, 1.82) is 0 Å². The fourth-order valence-electron chi connectivity index (χ4n) is 4.81. The summed E-state index contributed by atoms with van der Waals surface area (Å²) in [7, 11) is 4.66. The summed E-state index contributed by atoms with van der Waals surface area (Å²) >= 11 is 0. The summed E-state index contributed by atoms with van der Waals surface area (Å²) in [4.78, 5) is 31.6. The minimum absolute atomic E-state index is 0.214. The van der Waals surface area contributed by atoms with E-state index in [-0.39, 0.29) is 17.0 Å². The predicted molar refractivity (Wildman–Crippen MR) is 134 cm³/mol. The van der Waals surface area contributed by atoms with Crippen molar-refractivity contribution in [2.24, 2.45) is 0 Å². The van der Waals surface area contributed by atoms with Gasteiger partial charge in [-0.3, -0.25) is 9.59 Å². The Balaban J connectivity index is 1.72. The number of aromatic nitrogens is 1. The van der Waals surface area contributed by atoms with Gasteiger partial charge in [0.25, 0.3) is 11.5 Å². The molecule has 36 heavy (non-hydrogen) atoms. The number of carbonyl (C=O) groups excluding carboxylic acids is 1. The van der Waals surface area contributed by atoms with Crippen LogP contribution in [0.15, 0.2) is 65.5 Å². The molecule has 4 aromatic rings. The molecule has 5 rings (SSSR count). The van der Waals surface area contributed by atoms with Gasteiger partial charge in [0.05, 0.1) is 32.9 Å². The van der Waals surface area contributed by atoms with E-state index in [4.69, 9.17) is 14.2 Å². The Morgan fingerprint density at radius 1 is 0.944 bits per heavy atom. The number of rotatable bonds is 5. The van der Waals surface area contributed by atoms with Gasteiger partial charge in [-0.1, -0.05) is 6.07 Å². The molecule has 1 aliphatic heterocycles. The molecule has 0 unspecified atom stereocenters.